The van der Waals surface area contributed by atoms with E-state index >= 15 is 0 Å². The number of carbonyl (C=O) groups excluding carboxylic acids is 1. The first-order chi connectivity index (χ1) is 10.5. The first-order valence-electron chi connectivity index (χ1n) is 7.28. The molecule has 3 N–H and O–H groups in total. The molecule has 1 aliphatic heterocycles. The van der Waals surface area contributed by atoms with E-state index in [-0.39, 0.29) is 11.3 Å². The summed E-state index contributed by atoms with van der Waals surface area (Å²) in [5.41, 5.74) is 6.39. The second kappa shape index (κ2) is 6.02. The Morgan fingerprint density at radius 3 is 3.00 bits per heavy atom. The van der Waals surface area contributed by atoms with Gasteiger partial charge in [-0.2, -0.15) is 0 Å². The van der Waals surface area contributed by atoms with E-state index in [0.29, 0.717) is 11.7 Å². The fraction of sp³-hybridized carbons (Fsp3) is 0.500. The second-order valence-electron chi connectivity index (χ2n) is 5.52. The van der Waals surface area contributed by atoms with Crippen LogP contribution in [-0.4, -0.2) is 34.8 Å². The number of likely N-dealkylation sites (N-methyl/N-ethyl adjacent to an activating group) is 1. The number of rotatable bonds is 4. The minimum absolute atomic E-state index is 0.0107. The quantitative estimate of drug-likeness (QED) is 0.588. The monoisotopic (exact) mass is 339 g/mol. The summed E-state index contributed by atoms with van der Waals surface area (Å²) in [6.07, 6.45) is 0.926. The third-order valence-corrected chi connectivity index (χ3v) is 6.01. The maximum absolute atomic E-state index is 12.8. The number of nitrogens with two attached hydrogens (primary N) is 1. The van der Waals surface area contributed by atoms with Crippen LogP contribution in [0.15, 0.2) is 9.95 Å². The van der Waals surface area contributed by atoms with Gasteiger partial charge in [-0.05, 0) is 12.5 Å². The van der Waals surface area contributed by atoms with Crippen LogP contribution < -0.4 is 16.2 Å². The SMILES string of the molecule is CCn1c(SCC(N)=O)nc2sc3c(c2c1=O)CC[NH+](C)C3. The van der Waals surface area contributed by atoms with Crippen LogP contribution in [0.3, 0.4) is 0 Å². The molecule has 0 saturated heterocycles. The maximum atomic E-state index is 12.8. The number of aromatic nitrogens is 2. The first-order valence-corrected chi connectivity index (χ1v) is 9.09. The number of quaternary nitrogens is 1. The normalized spacial score (nSPS) is 17.6. The molecule has 3 rings (SSSR count). The molecule has 0 saturated carbocycles. The molecular weight excluding hydrogens is 320 g/mol. The van der Waals surface area contributed by atoms with Crippen LogP contribution in [0, 0.1) is 0 Å². The van der Waals surface area contributed by atoms with E-state index in [0.717, 1.165) is 29.7 Å². The number of hydrogen-bond donors (Lipinski definition) is 2. The average molecular weight is 339 g/mol. The van der Waals surface area contributed by atoms with Crippen molar-refractivity contribution in [1.82, 2.24) is 9.55 Å². The second-order valence-corrected chi connectivity index (χ2v) is 7.54. The van der Waals surface area contributed by atoms with Gasteiger partial charge in [0, 0.05) is 13.0 Å². The fourth-order valence-corrected chi connectivity index (χ4v) is 4.98. The Hall–Kier alpha value is -1.38. The number of nitrogens with one attached hydrogen (secondary N) is 1. The molecule has 1 atom stereocenters. The molecule has 118 valence electrons. The van der Waals surface area contributed by atoms with Crippen molar-refractivity contribution in [3.63, 3.8) is 0 Å². The number of thioether (sulfide) groups is 1. The Labute approximate surface area is 136 Å². The van der Waals surface area contributed by atoms with Crippen molar-refractivity contribution in [3.05, 3.63) is 20.8 Å². The van der Waals surface area contributed by atoms with E-state index in [9.17, 15) is 9.59 Å². The van der Waals surface area contributed by atoms with Crippen LogP contribution >= 0.6 is 23.1 Å². The Bertz CT molecular complexity index is 796. The van der Waals surface area contributed by atoms with Gasteiger partial charge in [0.05, 0.1) is 29.6 Å². The van der Waals surface area contributed by atoms with Crippen LogP contribution in [0.2, 0.25) is 0 Å². The number of primary amides is 1. The lowest BCUT2D eigenvalue weighted by molar-refractivity contribution is -0.895. The molecule has 0 aliphatic carbocycles. The molecule has 8 heteroatoms. The van der Waals surface area contributed by atoms with Gasteiger partial charge >= 0.3 is 0 Å². The van der Waals surface area contributed by atoms with Crippen molar-refractivity contribution in [3.8, 4) is 0 Å². The lowest BCUT2D eigenvalue weighted by Gasteiger charge is -2.19. The van der Waals surface area contributed by atoms with Crippen molar-refractivity contribution in [2.75, 3.05) is 19.3 Å². The van der Waals surface area contributed by atoms with Crippen molar-refractivity contribution in [2.45, 2.75) is 31.6 Å². The van der Waals surface area contributed by atoms with Crippen molar-refractivity contribution in [2.24, 2.45) is 5.73 Å². The first kappa shape index (κ1) is 15.5. The number of carbonyl (C=O) groups is 1. The molecule has 0 spiro atoms. The molecule has 6 nitrogen and oxygen atoms in total. The van der Waals surface area contributed by atoms with Gasteiger partial charge in [0.1, 0.15) is 11.4 Å². The zero-order chi connectivity index (χ0) is 15.9. The van der Waals surface area contributed by atoms with Gasteiger partial charge in [0.15, 0.2) is 5.16 Å². The lowest BCUT2D eigenvalue weighted by Crippen LogP contribution is -3.08. The summed E-state index contributed by atoms with van der Waals surface area (Å²) in [4.78, 5) is 32.0. The van der Waals surface area contributed by atoms with Gasteiger partial charge in [-0.1, -0.05) is 11.8 Å². The summed E-state index contributed by atoms with van der Waals surface area (Å²) in [6.45, 7) is 4.45. The Morgan fingerprint density at radius 1 is 1.55 bits per heavy atom. The molecule has 0 radical (unpaired) electrons. The van der Waals surface area contributed by atoms with Gasteiger partial charge in [-0.15, -0.1) is 11.3 Å². The highest BCUT2D eigenvalue weighted by molar-refractivity contribution is 7.99. The molecule has 22 heavy (non-hydrogen) atoms. The maximum Gasteiger partial charge on any atom is 0.263 e. The molecule has 1 amide bonds. The van der Waals surface area contributed by atoms with Crippen LogP contribution in [-0.2, 0) is 24.3 Å². The summed E-state index contributed by atoms with van der Waals surface area (Å²) in [7, 11) is 2.17. The van der Waals surface area contributed by atoms with Crippen molar-refractivity contribution in [1.29, 1.82) is 0 Å². The Kier molecular flexibility index (Phi) is 4.24. The van der Waals surface area contributed by atoms with Crippen molar-refractivity contribution >= 4 is 39.2 Å². The van der Waals surface area contributed by atoms with Crippen LogP contribution in [0.5, 0.6) is 0 Å². The largest absolute Gasteiger partial charge is 0.369 e. The third kappa shape index (κ3) is 2.66. The van der Waals surface area contributed by atoms with E-state index in [4.69, 9.17) is 5.73 Å². The minimum Gasteiger partial charge on any atom is -0.369 e. The summed E-state index contributed by atoms with van der Waals surface area (Å²) in [5, 5.41) is 1.36. The van der Waals surface area contributed by atoms with Gasteiger partial charge in [-0.3, -0.25) is 14.2 Å². The van der Waals surface area contributed by atoms with Crippen LogP contribution in [0.1, 0.15) is 17.4 Å². The number of nitrogens with zero attached hydrogens (tertiary/aromatic N) is 2. The Morgan fingerprint density at radius 2 is 2.32 bits per heavy atom. The Balaban J connectivity index is 2.15. The molecule has 3 heterocycles. The molecular formula is C14H19N4O2S2+. The number of thiophene rings is 1. The average Bonchev–Trinajstić information content (AvgIpc) is 2.82. The van der Waals surface area contributed by atoms with E-state index in [1.165, 1.54) is 27.1 Å². The third-order valence-electron chi connectivity index (χ3n) is 3.88. The van der Waals surface area contributed by atoms with Gasteiger partial charge in [0.25, 0.3) is 5.56 Å². The number of fused-ring (bicyclic) bond motifs is 3. The van der Waals surface area contributed by atoms with Gasteiger partial charge < -0.3 is 10.6 Å². The number of amides is 1. The highest BCUT2D eigenvalue weighted by Crippen LogP contribution is 2.30. The molecule has 0 bridgehead atoms. The predicted molar refractivity (Wildman–Crippen MR) is 88.6 cm³/mol. The van der Waals surface area contributed by atoms with E-state index < -0.39 is 5.91 Å². The van der Waals surface area contributed by atoms with Crippen LogP contribution in [0.4, 0.5) is 0 Å². The van der Waals surface area contributed by atoms with E-state index in [1.54, 1.807) is 15.9 Å². The standard InChI is InChI=1S/C14H18N4O2S2/c1-3-18-13(20)11-8-4-5-17(2)6-9(8)22-12(11)16-14(18)21-7-10(15)19/h3-7H2,1-2H3,(H2,15,19)/p+1. The highest BCUT2D eigenvalue weighted by atomic mass is 32.2. The summed E-state index contributed by atoms with van der Waals surface area (Å²) < 4.78 is 1.65. The predicted octanol–water partition coefficient (Wildman–Crippen LogP) is -0.374. The topological polar surface area (TPSA) is 82.4 Å². The van der Waals surface area contributed by atoms with Gasteiger partial charge in [0.2, 0.25) is 5.91 Å². The van der Waals surface area contributed by atoms with Crippen LogP contribution in [0.25, 0.3) is 10.2 Å². The van der Waals surface area contributed by atoms with Gasteiger partial charge in [-0.25, -0.2) is 4.98 Å². The minimum atomic E-state index is -0.405. The fourth-order valence-electron chi connectivity index (χ4n) is 2.80. The smallest absolute Gasteiger partial charge is 0.263 e. The number of hydrogen-bond acceptors (Lipinski definition) is 5. The molecule has 0 aromatic carbocycles. The summed E-state index contributed by atoms with van der Waals surface area (Å²) in [5.74, 6) is -0.270. The molecule has 1 unspecified atom stereocenters. The lowest BCUT2D eigenvalue weighted by atomic mass is 10.1. The molecule has 1 aliphatic rings. The molecule has 2 aromatic heterocycles. The summed E-state index contributed by atoms with van der Waals surface area (Å²) >= 11 is 2.84. The zero-order valence-electron chi connectivity index (χ0n) is 12.6. The summed E-state index contributed by atoms with van der Waals surface area (Å²) in [6, 6.07) is 0. The molecule has 2 aromatic rings. The van der Waals surface area contributed by atoms with E-state index in [2.05, 4.69) is 12.0 Å². The highest BCUT2D eigenvalue weighted by Gasteiger charge is 2.25. The van der Waals surface area contributed by atoms with Crippen molar-refractivity contribution < 1.29 is 9.69 Å². The zero-order valence-corrected chi connectivity index (χ0v) is 14.3. The van der Waals surface area contributed by atoms with E-state index in [1.807, 2.05) is 6.92 Å². The molecule has 0 fully saturated rings.